The molecule has 2 amide bonds. The Hall–Kier alpha value is -1.14. The molecule has 2 heterocycles. The van der Waals surface area contributed by atoms with Crippen molar-refractivity contribution >= 4 is 50.3 Å². The number of hydrogen-bond donors (Lipinski definition) is 3. The fourth-order valence-electron chi connectivity index (χ4n) is 1.73. The number of aromatic nitrogens is 1. The summed E-state index contributed by atoms with van der Waals surface area (Å²) in [6.45, 7) is 1.84. The average Bonchev–Trinajstić information content (AvgIpc) is 2.95. The molecule has 13 nitrogen and oxygen atoms in total. The van der Waals surface area contributed by atoms with Gasteiger partial charge in [0.15, 0.2) is 21.1 Å². The molecule has 0 aromatic carbocycles. The number of β-lactam (4-membered cyclic amide) rings is 1. The van der Waals surface area contributed by atoms with Crippen LogP contribution in [0.15, 0.2) is 10.5 Å². The minimum absolute atomic E-state index is 0. The van der Waals surface area contributed by atoms with Crippen LogP contribution in [0.2, 0.25) is 0 Å². The van der Waals surface area contributed by atoms with Crippen molar-refractivity contribution in [3.05, 3.63) is 11.1 Å². The zero-order chi connectivity index (χ0) is 20.6. The number of nitrogen functional groups attached to an aromatic ring is 1. The zero-order valence-electron chi connectivity index (χ0n) is 14.9. The van der Waals surface area contributed by atoms with Crippen molar-refractivity contribution in [1.82, 2.24) is 14.6 Å². The average molecular weight is 460 g/mol. The van der Waals surface area contributed by atoms with Gasteiger partial charge >= 0.3 is 57.4 Å². The van der Waals surface area contributed by atoms with Gasteiger partial charge in [-0.3, -0.25) is 9.59 Å². The van der Waals surface area contributed by atoms with Crippen LogP contribution in [0, 0.1) is 0 Å². The molecule has 148 valence electrons. The maximum absolute atomic E-state index is 12.4. The molecule has 0 aliphatic carbocycles. The van der Waals surface area contributed by atoms with E-state index in [9.17, 15) is 27.4 Å². The van der Waals surface area contributed by atoms with Gasteiger partial charge in [-0.2, -0.15) is 0 Å². The van der Waals surface area contributed by atoms with Crippen LogP contribution in [0.1, 0.15) is 19.5 Å². The van der Waals surface area contributed by atoms with Crippen molar-refractivity contribution in [2.75, 3.05) is 12.3 Å². The summed E-state index contributed by atoms with van der Waals surface area (Å²) in [7, 11) is -4.96. The van der Waals surface area contributed by atoms with Crippen LogP contribution >= 0.6 is 11.3 Å². The van der Waals surface area contributed by atoms with Gasteiger partial charge in [0.25, 0.3) is 11.8 Å². The SMILES string of the molecule is CC(C)(O/N=C(\C(=O)NC1CN(S(=O)(=O)[O-])C1=O)c1csc(N)n1)C(=O)O.[K+]. The van der Waals surface area contributed by atoms with Crippen LogP contribution in [0.5, 0.6) is 0 Å². The normalized spacial score (nSPS) is 17.4. The Morgan fingerprint density at radius 2 is 2.14 bits per heavy atom. The molecule has 1 aromatic rings. The predicted octanol–water partition coefficient (Wildman–Crippen LogP) is -4.90. The standard InChI is InChI=1S/C12H15N5O8S2.K/c1-12(2,10(20)21)25-16-7(6-4-26-11(13)15-6)8(18)14-5-3-17(9(5)19)27(22,23)24;/h4-5H,3H2,1-2H3,(H2,13,15)(H,14,18)(H,20,21)(H,22,23,24);/q;+1/p-1/b16-7-;. The van der Waals surface area contributed by atoms with Gasteiger partial charge in [0.05, 0.1) is 6.54 Å². The number of anilines is 1. The van der Waals surface area contributed by atoms with Gasteiger partial charge in [-0.05, 0) is 13.8 Å². The van der Waals surface area contributed by atoms with E-state index in [1.807, 2.05) is 0 Å². The van der Waals surface area contributed by atoms with Crippen molar-refractivity contribution < 1.29 is 88.7 Å². The van der Waals surface area contributed by atoms with Crippen LogP contribution in [-0.2, 0) is 29.5 Å². The third-order valence-electron chi connectivity index (χ3n) is 3.33. The minimum Gasteiger partial charge on any atom is -0.731 e. The quantitative estimate of drug-likeness (QED) is 0.116. The minimum atomic E-state index is -4.96. The smallest absolute Gasteiger partial charge is 0.731 e. The number of carboxylic acid groups (broad SMARTS) is 1. The van der Waals surface area contributed by atoms with Gasteiger partial charge in [0.1, 0.15) is 11.7 Å². The van der Waals surface area contributed by atoms with Crippen molar-refractivity contribution in [3.63, 3.8) is 0 Å². The number of amides is 2. The molecule has 2 rings (SSSR count). The summed E-state index contributed by atoms with van der Waals surface area (Å²) in [6.07, 6.45) is 0. The molecule has 28 heavy (non-hydrogen) atoms. The number of nitrogens with one attached hydrogen (secondary N) is 1. The maximum Gasteiger partial charge on any atom is 1.00 e. The Labute approximate surface area is 205 Å². The summed E-state index contributed by atoms with van der Waals surface area (Å²) < 4.78 is 32.5. The third kappa shape index (κ3) is 5.69. The first kappa shape index (κ1) is 24.9. The monoisotopic (exact) mass is 459 g/mol. The van der Waals surface area contributed by atoms with E-state index >= 15 is 0 Å². The van der Waals surface area contributed by atoms with Gasteiger partial charge in [-0.1, -0.05) is 5.16 Å². The van der Waals surface area contributed by atoms with Crippen LogP contribution in [0.25, 0.3) is 0 Å². The molecule has 1 atom stereocenters. The number of nitrogens with zero attached hydrogens (tertiary/aromatic N) is 3. The van der Waals surface area contributed by atoms with E-state index in [0.29, 0.717) is 0 Å². The van der Waals surface area contributed by atoms with E-state index in [0.717, 1.165) is 11.3 Å². The molecule has 0 saturated carbocycles. The fraction of sp³-hybridized carbons (Fsp3) is 0.417. The summed E-state index contributed by atoms with van der Waals surface area (Å²) in [5.74, 6) is -3.46. The number of carbonyl (C=O) groups excluding carboxylic acids is 2. The Morgan fingerprint density at radius 1 is 1.54 bits per heavy atom. The number of carboxylic acids is 1. The summed E-state index contributed by atoms with van der Waals surface area (Å²) in [4.78, 5) is 43.9. The molecule has 1 aliphatic heterocycles. The second kappa shape index (κ2) is 9.12. The van der Waals surface area contributed by atoms with E-state index in [2.05, 4.69) is 15.5 Å². The summed E-state index contributed by atoms with van der Waals surface area (Å²) in [5, 5.41) is 16.2. The molecule has 1 aromatic heterocycles. The second-order valence-electron chi connectivity index (χ2n) is 5.77. The number of aliphatic carboxylic acids is 1. The van der Waals surface area contributed by atoms with Gasteiger partial charge in [-0.25, -0.2) is 22.5 Å². The molecular weight excluding hydrogens is 445 g/mol. The van der Waals surface area contributed by atoms with E-state index in [4.69, 9.17) is 15.7 Å². The Bertz CT molecular complexity index is 928. The number of rotatable bonds is 7. The van der Waals surface area contributed by atoms with Crippen molar-refractivity contribution in [3.8, 4) is 0 Å². The van der Waals surface area contributed by atoms with Gasteiger partial charge < -0.3 is 25.5 Å². The van der Waals surface area contributed by atoms with Crippen LogP contribution in [-0.4, -0.2) is 69.0 Å². The number of thiazole rings is 1. The number of nitrogens with two attached hydrogens (primary N) is 1. The van der Waals surface area contributed by atoms with Gasteiger partial charge in [-0.15, -0.1) is 11.3 Å². The van der Waals surface area contributed by atoms with Gasteiger partial charge in [0.2, 0.25) is 5.60 Å². The second-order valence-corrected chi connectivity index (χ2v) is 7.96. The largest absolute Gasteiger partial charge is 1.00 e. The molecule has 1 fully saturated rings. The number of oxime groups is 1. The van der Waals surface area contributed by atoms with Gasteiger partial charge in [0, 0.05) is 5.38 Å². The summed E-state index contributed by atoms with van der Waals surface area (Å²) in [5.41, 5.74) is 3.20. The number of carbonyl (C=O) groups is 3. The molecule has 1 saturated heterocycles. The Morgan fingerprint density at radius 3 is 2.57 bits per heavy atom. The third-order valence-corrected chi connectivity index (χ3v) is 4.87. The maximum atomic E-state index is 12.4. The van der Waals surface area contributed by atoms with E-state index in [1.54, 1.807) is 0 Å². The zero-order valence-corrected chi connectivity index (χ0v) is 19.7. The Kier molecular flexibility index (Phi) is 8.11. The van der Waals surface area contributed by atoms with Crippen LogP contribution in [0.4, 0.5) is 5.13 Å². The first-order chi connectivity index (χ1) is 12.3. The van der Waals surface area contributed by atoms with Crippen LogP contribution < -0.4 is 62.4 Å². The molecule has 0 bridgehead atoms. The molecule has 0 spiro atoms. The van der Waals surface area contributed by atoms with Crippen LogP contribution in [0.3, 0.4) is 0 Å². The van der Waals surface area contributed by atoms with Crippen molar-refractivity contribution in [1.29, 1.82) is 0 Å². The summed E-state index contributed by atoms with van der Waals surface area (Å²) >= 11 is 0.971. The van der Waals surface area contributed by atoms with Crippen molar-refractivity contribution in [2.24, 2.45) is 5.16 Å². The molecule has 1 unspecified atom stereocenters. The Balaban J connectivity index is 0.00000392. The topological polar surface area (TPSA) is 204 Å². The summed E-state index contributed by atoms with van der Waals surface area (Å²) in [6, 6.07) is -1.27. The van der Waals surface area contributed by atoms with Crippen molar-refractivity contribution in [2.45, 2.75) is 25.5 Å². The van der Waals surface area contributed by atoms with E-state index in [-0.39, 0.29) is 66.5 Å². The first-order valence-corrected chi connectivity index (χ1v) is 9.36. The first-order valence-electron chi connectivity index (χ1n) is 7.12. The van der Waals surface area contributed by atoms with E-state index < -0.39 is 52.0 Å². The predicted molar refractivity (Wildman–Crippen MR) is 89.2 cm³/mol. The van der Waals surface area contributed by atoms with E-state index in [1.165, 1.54) is 19.2 Å². The molecule has 0 radical (unpaired) electrons. The molecule has 1 aliphatic rings. The molecule has 16 heteroatoms. The molecule has 4 N–H and O–H groups in total. The number of hydrogen-bond acceptors (Lipinski definition) is 11. The fourth-order valence-corrected chi connectivity index (χ4v) is 2.96. The molecular formula is C12H14KN5O8S2.